The van der Waals surface area contributed by atoms with Gasteiger partial charge in [0.15, 0.2) is 0 Å². The van der Waals surface area contributed by atoms with Gasteiger partial charge in [-0.25, -0.2) is 0 Å². The highest BCUT2D eigenvalue weighted by molar-refractivity contribution is 7.87. The number of aromatic hydroxyl groups is 1. The molecule has 18 heavy (non-hydrogen) atoms. The van der Waals surface area contributed by atoms with E-state index in [1.165, 1.54) is 36.4 Å². The first-order valence-electron chi connectivity index (χ1n) is 5.27. The van der Waals surface area contributed by atoms with Crippen molar-refractivity contribution in [1.29, 1.82) is 0 Å². The summed E-state index contributed by atoms with van der Waals surface area (Å²) in [4.78, 5) is 0.0800. The second kappa shape index (κ2) is 4.70. The van der Waals surface area contributed by atoms with Gasteiger partial charge >= 0.3 is 10.1 Å². The number of phenolic OH excluding ortho intramolecular Hbond substituents is 1. The van der Waals surface area contributed by atoms with Crippen LogP contribution in [0.25, 0.3) is 0 Å². The Kier molecular flexibility index (Phi) is 3.25. The molecule has 0 aliphatic rings. The topological polar surface area (TPSA) is 63.6 Å². The average Bonchev–Trinajstić information content (AvgIpc) is 2.29. The summed E-state index contributed by atoms with van der Waals surface area (Å²) in [5.41, 5.74) is 0.964. The summed E-state index contributed by atoms with van der Waals surface area (Å²) < 4.78 is 28.8. The summed E-state index contributed by atoms with van der Waals surface area (Å²) >= 11 is 0. The Morgan fingerprint density at radius 1 is 1.06 bits per heavy atom. The van der Waals surface area contributed by atoms with Crippen molar-refractivity contribution in [3.8, 4) is 11.5 Å². The first kappa shape index (κ1) is 12.4. The minimum absolute atomic E-state index is 0.0494. The minimum Gasteiger partial charge on any atom is -0.508 e. The zero-order valence-corrected chi connectivity index (χ0v) is 10.5. The molecular formula is C13H12O4S. The van der Waals surface area contributed by atoms with E-state index in [1.807, 2.05) is 6.92 Å². The Hall–Kier alpha value is -2.01. The van der Waals surface area contributed by atoms with Crippen molar-refractivity contribution in [2.24, 2.45) is 0 Å². The van der Waals surface area contributed by atoms with E-state index < -0.39 is 10.1 Å². The van der Waals surface area contributed by atoms with Gasteiger partial charge in [-0.3, -0.25) is 0 Å². The van der Waals surface area contributed by atoms with Crippen molar-refractivity contribution in [2.45, 2.75) is 11.8 Å². The predicted octanol–water partition coefficient (Wildman–Crippen LogP) is 2.47. The van der Waals surface area contributed by atoms with E-state index in [-0.39, 0.29) is 16.4 Å². The summed E-state index contributed by atoms with van der Waals surface area (Å²) in [7, 11) is -3.86. The number of hydrogen-bond donors (Lipinski definition) is 1. The Labute approximate surface area is 106 Å². The van der Waals surface area contributed by atoms with Gasteiger partial charge in [-0.2, -0.15) is 8.42 Å². The highest BCUT2D eigenvalue weighted by Crippen LogP contribution is 2.22. The molecule has 0 saturated carbocycles. The number of benzene rings is 2. The quantitative estimate of drug-likeness (QED) is 0.865. The summed E-state index contributed by atoms with van der Waals surface area (Å²) in [6.07, 6.45) is 0. The molecule has 5 heteroatoms. The Morgan fingerprint density at radius 2 is 1.72 bits per heavy atom. The zero-order valence-electron chi connectivity index (χ0n) is 9.70. The van der Waals surface area contributed by atoms with Gasteiger partial charge in [0.2, 0.25) is 0 Å². The van der Waals surface area contributed by atoms with Gasteiger partial charge in [0, 0.05) is 6.07 Å². The first-order chi connectivity index (χ1) is 8.47. The fraction of sp³-hybridized carbons (Fsp3) is 0.0769. The third-order valence-electron chi connectivity index (χ3n) is 2.33. The summed E-state index contributed by atoms with van der Waals surface area (Å²) in [5, 5.41) is 9.24. The molecule has 0 heterocycles. The Balaban J connectivity index is 2.30. The Bertz CT molecular complexity index is 645. The van der Waals surface area contributed by atoms with E-state index in [9.17, 15) is 13.5 Å². The molecule has 0 bridgehead atoms. The number of aryl methyl sites for hydroxylation is 1. The monoisotopic (exact) mass is 264 g/mol. The molecule has 0 spiro atoms. The van der Waals surface area contributed by atoms with Crippen molar-refractivity contribution >= 4 is 10.1 Å². The van der Waals surface area contributed by atoms with Crippen LogP contribution in [0.3, 0.4) is 0 Å². The fourth-order valence-electron chi connectivity index (χ4n) is 1.42. The van der Waals surface area contributed by atoms with Crippen LogP contribution in [0, 0.1) is 6.92 Å². The van der Waals surface area contributed by atoms with Crippen LogP contribution in [0.4, 0.5) is 0 Å². The number of rotatable bonds is 3. The molecule has 2 rings (SSSR count). The highest BCUT2D eigenvalue weighted by atomic mass is 32.2. The van der Waals surface area contributed by atoms with Gasteiger partial charge in [-0.05, 0) is 31.2 Å². The van der Waals surface area contributed by atoms with Crippen molar-refractivity contribution < 1.29 is 17.7 Å². The second-order valence-corrected chi connectivity index (χ2v) is 5.39. The van der Waals surface area contributed by atoms with E-state index >= 15 is 0 Å². The maximum Gasteiger partial charge on any atom is 0.339 e. The molecule has 0 aliphatic heterocycles. The standard InChI is InChI=1S/C13H12O4S/c1-10-5-7-13(8-6-10)18(15,16)17-12-4-2-3-11(14)9-12/h2-9,14H,1H3. The first-order valence-corrected chi connectivity index (χ1v) is 6.68. The highest BCUT2D eigenvalue weighted by Gasteiger charge is 2.16. The molecular weight excluding hydrogens is 252 g/mol. The second-order valence-electron chi connectivity index (χ2n) is 3.85. The van der Waals surface area contributed by atoms with Crippen LogP contribution in [-0.2, 0) is 10.1 Å². The maximum absolute atomic E-state index is 11.9. The fourth-order valence-corrected chi connectivity index (χ4v) is 2.34. The van der Waals surface area contributed by atoms with Gasteiger partial charge in [-0.1, -0.05) is 23.8 Å². The van der Waals surface area contributed by atoms with Gasteiger partial charge < -0.3 is 9.29 Å². The lowest BCUT2D eigenvalue weighted by Crippen LogP contribution is -2.09. The van der Waals surface area contributed by atoms with E-state index in [2.05, 4.69) is 0 Å². The van der Waals surface area contributed by atoms with E-state index in [0.29, 0.717) is 0 Å². The van der Waals surface area contributed by atoms with Crippen molar-refractivity contribution in [3.05, 3.63) is 54.1 Å². The SMILES string of the molecule is Cc1ccc(S(=O)(=O)Oc2cccc(O)c2)cc1. The van der Waals surface area contributed by atoms with Gasteiger partial charge in [-0.15, -0.1) is 0 Å². The van der Waals surface area contributed by atoms with Gasteiger partial charge in [0.1, 0.15) is 16.4 Å². The maximum atomic E-state index is 11.9. The molecule has 1 N–H and O–H groups in total. The molecule has 0 saturated heterocycles. The number of hydrogen-bond acceptors (Lipinski definition) is 4. The van der Waals surface area contributed by atoms with Crippen LogP contribution >= 0.6 is 0 Å². The smallest absolute Gasteiger partial charge is 0.339 e. The van der Waals surface area contributed by atoms with E-state index in [1.54, 1.807) is 12.1 Å². The van der Waals surface area contributed by atoms with Crippen LogP contribution in [-0.4, -0.2) is 13.5 Å². The molecule has 0 fully saturated rings. The lowest BCUT2D eigenvalue weighted by atomic mass is 10.2. The lowest BCUT2D eigenvalue weighted by molar-refractivity contribution is 0.463. The van der Waals surface area contributed by atoms with Gasteiger partial charge in [0.05, 0.1) is 0 Å². The van der Waals surface area contributed by atoms with Crippen molar-refractivity contribution in [2.75, 3.05) is 0 Å². The van der Waals surface area contributed by atoms with E-state index in [0.717, 1.165) is 5.56 Å². The van der Waals surface area contributed by atoms with E-state index in [4.69, 9.17) is 4.18 Å². The van der Waals surface area contributed by atoms with Crippen LogP contribution in [0.1, 0.15) is 5.56 Å². The van der Waals surface area contributed by atoms with Crippen LogP contribution in [0.5, 0.6) is 11.5 Å². The van der Waals surface area contributed by atoms with Crippen molar-refractivity contribution in [3.63, 3.8) is 0 Å². The molecule has 0 radical (unpaired) electrons. The molecule has 4 nitrogen and oxygen atoms in total. The molecule has 0 unspecified atom stereocenters. The summed E-state index contributed by atoms with van der Waals surface area (Å²) in [6, 6.07) is 12.0. The minimum atomic E-state index is -3.86. The zero-order chi connectivity index (χ0) is 13.2. The molecule has 0 atom stereocenters. The molecule has 0 aliphatic carbocycles. The largest absolute Gasteiger partial charge is 0.508 e. The Morgan fingerprint density at radius 3 is 2.33 bits per heavy atom. The molecule has 2 aromatic carbocycles. The lowest BCUT2D eigenvalue weighted by Gasteiger charge is -2.07. The predicted molar refractivity (Wildman–Crippen MR) is 67.1 cm³/mol. The third-order valence-corrected chi connectivity index (χ3v) is 3.59. The van der Waals surface area contributed by atoms with Crippen LogP contribution < -0.4 is 4.18 Å². The number of phenols is 1. The molecule has 2 aromatic rings. The van der Waals surface area contributed by atoms with Gasteiger partial charge in [0.25, 0.3) is 0 Å². The third kappa shape index (κ3) is 2.81. The molecule has 0 amide bonds. The van der Waals surface area contributed by atoms with Crippen molar-refractivity contribution in [1.82, 2.24) is 0 Å². The summed E-state index contributed by atoms with van der Waals surface area (Å²) in [5.74, 6) is 0.0298. The summed E-state index contributed by atoms with van der Waals surface area (Å²) in [6.45, 7) is 1.87. The molecule has 0 aromatic heterocycles. The normalized spacial score (nSPS) is 11.2. The van der Waals surface area contributed by atoms with Crippen LogP contribution in [0.2, 0.25) is 0 Å². The average molecular weight is 264 g/mol. The van der Waals surface area contributed by atoms with Crippen LogP contribution in [0.15, 0.2) is 53.4 Å². The molecule has 94 valence electrons.